The lowest BCUT2D eigenvalue weighted by atomic mass is 10.0. The maximum Gasteiger partial charge on any atom is 0.149 e. The fraction of sp³-hybridized carbons (Fsp3) is 0.250. The summed E-state index contributed by atoms with van der Waals surface area (Å²) in [5.41, 5.74) is 1.33. The van der Waals surface area contributed by atoms with Gasteiger partial charge in [-0.2, -0.15) is 0 Å². The first-order valence-corrected chi connectivity index (χ1v) is 6.49. The molecule has 0 aliphatic heterocycles. The molecule has 0 fully saturated rings. The Kier molecular flexibility index (Phi) is 4.56. The van der Waals surface area contributed by atoms with Crippen molar-refractivity contribution in [1.82, 2.24) is 0 Å². The second-order valence-corrected chi connectivity index (χ2v) is 4.50. The molecule has 0 aliphatic rings. The lowest BCUT2D eigenvalue weighted by molar-refractivity contribution is 0.414. The topological polar surface area (TPSA) is 21.3 Å². The molecule has 0 aliphatic carbocycles. The summed E-state index contributed by atoms with van der Waals surface area (Å²) in [5.74, 6) is -0.390. The minimum absolute atomic E-state index is 0.0409. The highest BCUT2D eigenvalue weighted by molar-refractivity contribution is 5.47. The number of methoxy groups -OCH3 is 1. The zero-order chi connectivity index (χ0) is 14.5. The molecule has 2 nitrogen and oxygen atoms in total. The van der Waals surface area contributed by atoms with E-state index in [4.69, 9.17) is 4.74 Å². The average Bonchev–Trinajstić information content (AvgIpc) is 2.47. The van der Waals surface area contributed by atoms with Crippen LogP contribution in [0.15, 0.2) is 42.5 Å². The number of nitrogens with one attached hydrogen (secondary N) is 1. The third-order valence-corrected chi connectivity index (χ3v) is 3.19. The monoisotopic (exact) mass is 277 g/mol. The molecule has 2 aromatic carbocycles. The standard InChI is InChI=1S/C16H17F2NO/c1-3-15(11-4-7-13(20-2)8-5-11)19-16-9-6-12(17)10-14(16)18/h4-10,15,19H,3H2,1-2H3. The highest BCUT2D eigenvalue weighted by Gasteiger charge is 2.12. The van der Waals surface area contributed by atoms with Gasteiger partial charge in [0.15, 0.2) is 0 Å². The average molecular weight is 277 g/mol. The number of benzene rings is 2. The Labute approximate surface area is 117 Å². The zero-order valence-corrected chi connectivity index (χ0v) is 11.5. The molecule has 0 aromatic heterocycles. The number of anilines is 1. The Bertz CT molecular complexity index is 569. The van der Waals surface area contributed by atoms with Crippen LogP contribution in [0.3, 0.4) is 0 Å². The number of hydrogen-bond acceptors (Lipinski definition) is 2. The summed E-state index contributed by atoms with van der Waals surface area (Å²) in [6, 6.07) is 11.1. The normalized spacial score (nSPS) is 12.0. The summed E-state index contributed by atoms with van der Waals surface area (Å²) >= 11 is 0. The third kappa shape index (κ3) is 3.26. The maximum absolute atomic E-state index is 13.7. The Balaban J connectivity index is 2.19. The van der Waals surface area contributed by atoms with Gasteiger partial charge < -0.3 is 10.1 Å². The van der Waals surface area contributed by atoms with E-state index in [2.05, 4.69) is 5.32 Å². The Morgan fingerprint density at radius 2 is 1.80 bits per heavy atom. The molecule has 0 bridgehead atoms. The van der Waals surface area contributed by atoms with Gasteiger partial charge in [0.2, 0.25) is 0 Å². The first-order valence-electron chi connectivity index (χ1n) is 6.49. The lowest BCUT2D eigenvalue weighted by Gasteiger charge is -2.19. The molecule has 2 rings (SSSR count). The van der Waals surface area contributed by atoms with E-state index in [1.165, 1.54) is 12.1 Å². The Hall–Kier alpha value is -2.10. The van der Waals surface area contributed by atoms with E-state index in [0.717, 1.165) is 23.8 Å². The zero-order valence-electron chi connectivity index (χ0n) is 11.5. The van der Waals surface area contributed by atoms with Gasteiger partial charge in [-0.3, -0.25) is 0 Å². The lowest BCUT2D eigenvalue weighted by Crippen LogP contribution is -2.10. The molecule has 106 valence electrons. The maximum atomic E-state index is 13.7. The summed E-state index contributed by atoms with van der Waals surface area (Å²) in [4.78, 5) is 0. The molecular weight excluding hydrogens is 260 g/mol. The van der Waals surface area contributed by atoms with Crippen molar-refractivity contribution < 1.29 is 13.5 Å². The number of ether oxygens (including phenoxy) is 1. The van der Waals surface area contributed by atoms with Crippen molar-refractivity contribution in [2.75, 3.05) is 12.4 Å². The van der Waals surface area contributed by atoms with Gasteiger partial charge in [0, 0.05) is 6.07 Å². The Morgan fingerprint density at radius 3 is 2.35 bits per heavy atom. The van der Waals surface area contributed by atoms with Crippen LogP contribution < -0.4 is 10.1 Å². The van der Waals surface area contributed by atoms with Crippen LogP contribution in [-0.4, -0.2) is 7.11 Å². The quantitative estimate of drug-likeness (QED) is 0.866. The van der Waals surface area contributed by atoms with Crippen molar-refractivity contribution in [3.63, 3.8) is 0 Å². The third-order valence-electron chi connectivity index (χ3n) is 3.19. The van der Waals surface area contributed by atoms with Crippen molar-refractivity contribution in [2.24, 2.45) is 0 Å². The van der Waals surface area contributed by atoms with Gasteiger partial charge in [-0.15, -0.1) is 0 Å². The first-order chi connectivity index (χ1) is 9.63. The van der Waals surface area contributed by atoms with Gasteiger partial charge in [0.05, 0.1) is 18.8 Å². The van der Waals surface area contributed by atoms with Crippen LogP contribution in [0.25, 0.3) is 0 Å². The van der Waals surface area contributed by atoms with E-state index >= 15 is 0 Å². The van der Waals surface area contributed by atoms with Gasteiger partial charge in [0.25, 0.3) is 0 Å². The summed E-state index contributed by atoms with van der Waals surface area (Å²) in [7, 11) is 1.61. The van der Waals surface area contributed by atoms with Crippen LogP contribution in [0.4, 0.5) is 14.5 Å². The van der Waals surface area contributed by atoms with Gasteiger partial charge in [0.1, 0.15) is 17.4 Å². The molecule has 2 aromatic rings. The first kappa shape index (κ1) is 14.3. The largest absolute Gasteiger partial charge is 0.497 e. The molecule has 20 heavy (non-hydrogen) atoms. The molecule has 0 spiro atoms. The number of hydrogen-bond donors (Lipinski definition) is 1. The van der Waals surface area contributed by atoms with Crippen molar-refractivity contribution in [3.05, 3.63) is 59.7 Å². The minimum Gasteiger partial charge on any atom is -0.497 e. The highest BCUT2D eigenvalue weighted by atomic mass is 19.1. The van der Waals surface area contributed by atoms with Crippen LogP contribution in [0, 0.1) is 11.6 Å². The number of rotatable bonds is 5. The molecular formula is C16H17F2NO. The van der Waals surface area contributed by atoms with E-state index in [1.54, 1.807) is 7.11 Å². The van der Waals surface area contributed by atoms with Crippen LogP contribution >= 0.6 is 0 Å². The summed E-state index contributed by atoms with van der Waals surface area (Å²) < 4.78 is 31.7. The molecule has 0 saturated carbocycles. The Morgan fingerprint density at radius 1 is 1.10 bits per heavy atom. The van der Waals surface area contributed by atoms with E-state index < -0.39 is 11.6 Å². The SMILES string of the molecule is CCC(Nc1ccc(F)cc1F)c1ccc(OC)cc1. The van der Waals surface area contributed by atoms with Crippen molar-refractivity contribution in [2.45, 2.75) is 19.4 Å². The van der Waals surface area contributed by atoms with E-state index in [-0.39, 0.29) is 6.04 Å². The smallest absolute Gasteiger partial charge is 0.149 e. The van der Waals surface area contributed by atoms with Gasteiger partial charge in [-0.1, -0.05) is 19.1 Å². The molecule has 1 unspecified atom stereocenters. The van der Waals surface area contributed by atoms with Crippen LogP contribution in [0.1, 0.15) is 24.9 Å². The summed E-state index contributed by atoms with van der Waals surface area (Å²) in [5, 5.41) is 3.10. The molecule has 0 amide bonds. The van der Waals surface area contributed by atoms with E-state index in [1.807, 2.05) is 31.2 Å². The molecule has 4 heteroatoms. The molecule has 1 atom stereocenters. The minimum atomic E-state index is -0.586. The van der Waals surface area contributed by atoms with Crippen molar-refractivity contribution >= 4 is 5.69 Å². The van der Waals surface area contributed by atoms with E-state index in [0.29, 0.717) is 5.69 Å². The predicted octanol–water partition coefficient (Wildman–Crippen LogP) is 4.54. The second-order valence-electron chi connectivity index (χ2n) is 4.50. The van der Waals surface area contributed by atoms with E-state index in [9.17, 15) is 8.78 Å². The highest BCUT2D eigenvalue weighted by Crippen LogP contribution is 2.26. The van der Waals surface area contributed by atoms with Gasteiger partial charge >= 0.3 is 0 Å². The van der Waals surface area contributed by atoms with Gasteiger partial charge in [-0.25, -0.2) is 8.78 Å². The summed E-state index contributed by atoms with van der Waals surface area (Å²) in [6.07, 6.45) is 0.781. The second kappa shape index (κ2) is 6.37. The molecule has 1 N–H and O–H groups in total. The molecule has 0 heterocycles. The predicted molar refractivity (Wildman–Crippen MR) is 76.0 cm³/mol. The fourth-order valence-corrected chi connectivity index (χ4v) is 2.05. The fourth-order valence-electron chi connectivity index (χ4n) is 2.05. The van der Waals surface area contributed by atoms with Crippen LogP contribution in [0.5, 0.6) is 5.75 Å². The van der Waals surface area contributed by atoms with Crippen molar-refractivity contribution in [1.29, 1.82) is 0 Å². The van der Waals surface area contributed by atoms with Crippen LogP contribution in [0.2, 0.25) is 0 Å². The molecule has 0 radical (unpaired) electrons. The van der Waals surface area contributed by atoms with Crippen LogP contribution in [-0.2, 0) is 0 Å². The summed E-state index contributed by atoms with van der Waals surface area (Å²) in [6.45, 7) is 2.00. The molecule has 0 saturated heterocycles. The van der Waals surface area contributed by atoms with Crippen molar-refractivity contribution in [3.8, 4) is 5.75 Å². The number of halogens is 2. The van der Waals surface area contributed by atoms with Gasteiger partial charge in [-0.05, 0) is 36.2 Å².